The highest BCUT2D eigenvalue weighted by Gasteiger charge is 2.19. The van der Waals surface area contributed by atoms with Crippen molar-refractivity contribution in [1.82, 2.24) is 19.6 Å². The van der Waals surface area contributed by atoms with E-state index in [0.717, 1.165) is 43.2 Å². The molecule has 0 saturated heterocycles. The van der Waals surface area contributed by atoms with Gasteiger partial charge in [0.25, 0.3) is 0 Å². The number of hydrogen-bond donors (Lipinski definition) is 1. The van der Waals surface area contributed by atoms with Crippen LogP contribution in [0.1, 0.15) is 17.0 Å². The van der Waals surface area contributed by atoms with Gasteiger partial charge in [-0.2, -0.15) is 5.10 Å². The van der Waals surface area contributed by atoms with Gasteiger partial charge in [-0.1, -0.05) is 24.3 Å². The third-order valence-corrected chi connectivity index (χ3v) is 4.95. The second kappa shape index (κ2) is 8.00. The molecule has 2 N–H and O–H groups in total. The zero-order valence-corrected chi connectivity index (χ0v) is 16.0. The summed E-state index contributed by atoms with van der Waals surface area (Å²) in [5.74, 6) is 0.568. The van der Waals surface area contributed by atoms with Gasteiger partial charge in [0.2, 0.25) is 5.91 Å². The molecule has 0 saturated carbocycles. The van der Waals surface area contributed by atoms with Crippen LogP contribution in [0.25, 0.3) is 11.3 Å². The molecule has 1 aromatic carbocycles. The van der Waals surface area contributed by atoms with E-state index in [-0.39, 0.29) is 12.5 Å². The lowest BCUT2D eigenvalue weighted by atomic mass is 10.1. The number of fused-ring (bicyclic) bond motifs is 1. The monoisotopic (exact) mass is 379 g/mol. The van der Waals surface area contributed by atoms with E-state index in [1.807, 2.05) is 24.1 Å². The van der Waals surface area contributed by atoms with Gasteiger partial charge in [0, 0.05) is 31.7 Å². The standard InChI is InChI=1S/C21H25N5O2/c1-24(15-21(22)27)13-18-11-19-14-25(8-9-26(19)23-18)12-16-4-6-17(7-5-16)20-3-2-10-28-20/h2-7,10-11H,8-9,12-15H2,1H3,(H2,22,27). The Balaban J connectivity index is 1.37. The number of hydrogen-bond acceptors (Lipinski definition) is 5. The largest absolute Gasteiger partial charge is 0.464 e. The molecule has 0 spiro atoms. The summed E-state index contributed by atoms with van der Waals surface area (Å²) < 4.78 is 7.52. The average Bonchev–Trinajstić information content (AvgIpc) is 3.30. The number of nitrogens with two attached hydrogens (primary N) is 1. The van der Waals surface area contributed by atoms with Crippen molar-refractivity contribution < 1.29 is 9.21 Å². The number of likely N-dealkylation sites (N-methyl/N-ethyl adjacent to an activating group) is 1. The number of amides is 1. The Labute approximate surface area is 164 Å². The van der Waals surface area contributed by atoms with Crippen LogP contribution in [-0.2, 0) is 31.0 Å². The first-order valence-corrected chi connectivity index (χ1v) is 9.44. The van der Waals surface area contributed by atoms with Crippen LogP contribution in [0.15, 0.2) is 53.1 Å². The van der Waals surface area contributed by atoms with E-state index in [1.54, 1.807) is 6.26 Å². The first-order valence-electron chi connectivity index (χ1n) is 9.44. The predicted octanol–water partition coefficient (Wildman–Crippen LogP) is 2.08. The van der Waals surface area contributed by atoms with E-state index >= 15 is 0 Å². The molecule has 1 aliphatic heterocycles. The summed E-state index contributed by atoms with van der Waals surface area (Å²) in [6.45, 7) is 4.47. The Kier molecular flexibility index (Phi) is 5.27. The van der Waals surface area contributed by atoms with Crippen molar-refractivity contribution in [3.8, 4) is 11.3 Å². The molecule has 0 unspecified atom stereocenters. The van der Waals surface area contributed by atoms with Gasteiger partial charge >= 0.3 is 0 Å². The number of carbonyl (C=O) groups excluding carboxylic acids is 1. The molecule has 1 amide bonds. The van der Waals surface area contributed by atoms with Crippen LogP contribution in [-0.4, -0.2) is 45.6 Å². The minimum atomic E-state index is -0.323. The number of carbonyl (C=O) groups is 1. The molecule has 0 aliphatic carbocycles. The third-order valence-electron chi connectivity index (χ3n) is 4.95. The molecule has 0 bridgehead atoms. The van der Waals surface area contributed by atoms with Crippen LogP contribution in [0.5, 0.6) is 0 Å². The van der Waals surface area contributed by atoms with Gasteiger partial charge in [-0.3, -0.25) is 19.3 Å². The Bertz CT molecular complexity index is 930. The molecule has 1 aliphatic rings. The van der Waals surface area contributed by atoms with Gasteiger partial charge in [-0.15, -0.1) is 0 Å². The van der Waals surface area contributed by atoms with Crippen molar-refractivity contribution in [3.63, 3.8) is 0 Å². The molecule has 28 heavy (non-hydrogen) atoms. The minimum Gasteiger partial charge on any atom is -0.464 e. The van der Waals surface area contributed by atoms with E-state index in [1.165, 1.54) is 11.3 Å². The van der Waals surface area contributed by atoms with Gasteiger partial charge in [0.15, 0.2) is 0 Å². The highest BCUT2D eigenvalue weighted by Crippen LogP contribution is 2.22. The van der Waals surface area contributed by atoms with Crippen LogP contribution in [0.3, 0.4) is 0 Å². The predicted molar refractivity (Wildman–Crippen MR) is 106 cm³/mol. The van der Waals surface area contributed by atoms with Crippen LogP contribution in [0.2, 0.25) is 0 Å². The number of nitrogens with zero attached hydrogens (tertiary/aromatic N) is 4. The molecule has 0 fully saturated rings. The van der Waals surface area contributed by atoms with E-state index in [9.17, 15) is 4.79 Å². The maximum Gasteiger partial charge on any atom is 0.231 e. The van der Waals surface area contributed by atoms with Gasteiger partial charge < -0.3 is 10.2 Å². The van der Waals surface area contributed by atoms with E-state index in [0.29, 0.717) is 6.54 Å². The summed E-state index contributed by atoms with van der Waals surface area (Å²) in [5.41, 5.74) is 9.81. The molecular formula is C21H25N5O2. The van der Waals surface area contributed by atoms with Crippen molar-refractivity contribution in [2.24, 2.45) is 5.73 Å². The van der Waals surface area contributed by atoms with Crippen LogP contribution < -0.4 is 5.73 Å². The highest BCUT2D eigenvalue weighted by molar-refractivity contribution is 5.75. The summed E-state index contributed by atoms with van der Waals surface area (Å²) in [4.78, 5) is 15.4. The zero-order valence-electron chi connectivity index (χ0n) is 16.0. The lowest BCUT2D eigenvalue weighted by Gasteiger charge is -2.27. The summed E-state index contributed by atoms with van der Waals surface area (Å²) in [5, 5.41) is 4.67. The fourth-order valence-electron chi connectivity index (χ4n) is 3.67. The van der Waals surface area contributed by atoms with Crippen molar-refractivity contribution >= 4 is 5.91 Å². The molecule has 7 heteroatoms. The fraction of sp³-hybridized carbons (Fsp3) is 0.333. The van der Waals surface area contributed by atoms with Crippen LogP contribution >= 0.6 is 0 Å². The zero-order chi connectivity index (χ0) is 19.5. The van der Waals surface area contributed by atoms with Gasteiger partial charge in [0.1, 0.15) is 5.76 Å². The molecule has 7 nitrogen and oxygen atoms in total. The molecule has 146 valence electrons. The average molecular weight is 379 g/mol. The molecule has 2 aromatic heterocycles. The second-order valence-electron chi connectivity index (χ2n) is 7.37. The number of rotatable bonds is 7. The lowest BCUT2D eigenvalue weighted by molar-refractivity contribution is -0.118. The fourth-order valence-corrected chi connectivity index (χ4v) is 3.67. The Hall–Kier alpha value is -2.90. The summed E-state index contributed by atoms with van der Waals surface area (Å²) in [7, 11) is 1.88. The van der Waals surface area contributed by atoms with Gasteiger partial charge in [-0.05, 0) is 30.8 Å². The molecular weight excluding hydrogens is 354 g/mol. The van der Waals surface area contributed by atoms with Gasteiger partial charge in [-0.25, -0.2) is 0 Å². The maximum absolute atomic E-state index is 11.0. The van der Waals surface area contributed by atoms with Crippen molar-refractivity contribution in [2.75, 3.05) is 20.1 Å². The van der Waals surface area contributed by atoms with Crippen LogP contribution in [0.4, 0.5) is 0 Å². The Morgan fingerprint density at radius 3 is 2.79 bits per heavy atom. The smallest absolute Gasteiger partial charge is 0.231 e. The third kappa shape index (κ3) is 4.32. The number of furan rings is 1. The molecule has 3 aromatic rings. The summed E-state index contributed by atoms with van der Waals surface area (Å²) in [6, 6.07) is 14.5. The molecule has 0 atom stereocenters. The van der Waals surface area contributed by atoms with E-state index in [2.05, 4.69) is 45.0 Å². The molecule has 0 radical (unpaired) electrons. The maximum atomic E-state index is 11.0. The second-order valence-corrected chi connectivity index (χ2v) is 7.37. The SMILES string of the molecule is CN(CC(N)=O)Cc1cc2n(n1)CCN(Cc1ccc(-c3ccco3)cc1)C2. The van der Waals surface area contributed by atoms with Gasteiger partial charge in [0.05, 0.1) is 30.7 Å². The first-order chi connectivity index (χ1) is 13.6. The number of benzene rings is 1. The summed E-state index contributed by atoms with van der Waals surface area (Å²) in [6.07, 6.45) is 1.69. The topological polar surface area (TPSA) is 80.5 Å². The van der Waals surface area contributed by atoms with Crippen molar-refractivity contribution in [1.29, 1.82) is 0 Å². The molecule has 3 heterocycles. The van der Waals surface area contributed by atoms with Crippen molar-refractivity contribution in [3.05, 3.63) is 65.7 Å². The Morgan fingerprint density at radius 1 is 1.25 bits per heavy atom. The van der Waals surface area contributed by atoms with E-state index in [4.69, 9.17) is 10.2 Å². The number of aromatic nitrogens is 2. The lowest BCUT2D eigenvalue weighted by Crippen LogP contribution is -2.33. The van der Waals surface area contributed by atoms with Crippen molar-refractivity contribution in [2.45, 2.75) is 26.2 Å². The normalized spacial score (nSPS) is 14.4. The number of primary amides is 1. The minimum absolute atomic E-state index is 0.238. The van der Waals surface area contributed by atoms with Crippen LogP contribution in [0, 0.1) is 0 Å². The summed E-state index contributed by atoms with van der Waals surface area (Å²) >= 11 is 0. The first kappa shape index (κ1) is 18.5. The van der Waals surface area contributed by atoms with E-state index < -0.39 is 0 Å². The highest BCUT2D eigenvalue weighted by atomic mass is 16.3. The quantitative estimate of drug-likeness (QED) is 0.680. The Morgan fingerprint density at radius 2 is 2.07 bits per heavy atom. The molecule has 4 rings (SSSR count).